The zero-order valence-electron chi connectivity index (χ0n) is 31.8. The van der Waals surface area contributed by atoms with E-state index in [0.717, 1.165) is 37.5 Å². The highest BCUT2D eigenvalue weighted by molar-refractivity contribution is 5.68. The van der Waals surface area contributed by atoms with E-state index in [4.69, 9.17) is 53.1 Å². The number of carbonyl (C=O) groups is 4. The quantitative estimate of drug-likeness (QED) is 0.155. The van der Waals surface area contributed by atoms with Crippen molar-refractivity contribution in [2.75, 3.05) is 13.2 Å². The van der Waals surface area contributed by atoms with Crippen LogP contribution in [0, 0.1) is 0 Å². The average molecular weight is 780 g/mol. The molecule has 3 aromatic carbocycles. The predicted octanol–water partition coefficient (Wildman–Crippen LogP) is 3.53. The summed E-state index contributed by atoms with van der Waals surface area (Å²) in [6.45, 7) is 4.62. The molecule has 0 saturated carbocycles. The first-order chi connectivity index (χ1) is 27.0. The second-order valence-corrected chi connectivity index (χ2v) is 13.3. The van der Waals surface area contributed by atoms with E-state index in [9.17, 15) is 19.2 Å². The number of hydrogen-bond acceptors (Lipinski definition) is 15. The summed E-state index contributed by atoms with van der Waals surface area (Å²) in [4.78, 5) is 49.4. The first kappa shape index (κ1) is 42.4. The van der Waals surface area contributed by atoms with E-state index < -0.39 is 91.8 Å². The molecule has 3 aromatic rings. The Morgan fingerprint density at radius 1 is 0.518 bits per heavy atom. The van der Waals surface area contributed by atoms with Gasteiger partial charge in [0.15, 0.2) is 24.6 Å². The molecule has 0 aromatic heterocycles. The van der Waals surface area contributed by atoms with Crippen LogP contribution in [0.2, 0.25) is 0 Å². The van der Waals surface area contributed by atoms with Gasteiger partial charge in [-0.15, -0.1) is 0 Å². The number of rotatable bonds is 17. The van der Waals surface area contributed by atoms with E-state index in [-0.39, 0.29) is 26.4 Å². The van der Waals surface area contributed by atoms with Crippen LogP contribution in [-0.4, -0.2) is 98.4 Å². The Labute approximate surface area is 325 Å². The molecule has 2 aliphatic heterocycles. The van der Waals surface area contributed by atoms with Gasteiger partial charge in [-0.3, -0.25) is 19.2 Å². The molecule has 0 amide bonds. The number of nitrogens with two attached hydrogens (primary N) is 1. The van der Waals surface area contributed by atoms with Crippen molar-refractivity contribution in [2.24, 2.45) is 5.73 Å². The maximum Gasteiger partial charge on any atom is 0.303 e. The van der Waals surface area contributed by atoms with Crippen LogP contribution in [0.4, 0.5) is 0 Å². The Hall–Kier alpha value is -4.74. The van der Waals surface area contributed by atoms with E-state index in [2.05, 4.69) is 0 Å². The standard InChI is InChI=1S/C41H49NO14/c1-25(43)48-24-33-35(51-26(2)44)37(52-27(3)45)39(53-28(4)46)41(55-33)56-34-32(23-47-20-29-14-8-5-9-15-29)54-40(42)38(50-22-31-18-12-7-13-19-31)36(34)49-21-30-16-10-6-11-17-30/h5-19,32-41H,20-24,42H2,1-4H3/t32-,33-,34-,35-,36+,37+,38-,39+,40-,41-/m1/s1. The van der Waals surface area contributed by atoms with Crippen molar-refractivity contribution in [3.05, 3.63) is 108 Å². The van der Waals surface area contributed by atoms with Crippen molar-refractivity contribution in [3.63, 3.8) is 0 Å². The second kappa shape index (κ2) is 21.0. The minimum Gasteiger partial charge on any atom is -0.463 e. The van der Waals surface area contributed by atoms with Crippen molar-refractivity contribution < 1.29 is 66.5 Å². The first-order valence-corrected chi connectivity index (χ1v) is 18.3. The SMILES string of the molecule is CC(=O)OC[C@H]1O[C@H](O[C@H]2[C@H](OCc3ccccc3)[C@@H](OCc3ccccc3)[C@H](N)O[C@@H]2COCc2ccccc2)[C@@H](OC(C)=O)[C@@H](OC(C)=O)[C@@H]1OC(C)=O. The van der Waals surface area contributed by atoms with Gasteiger partial charge in [0.05, 0.1) is 26.4 Å². The average Bonchev–Trinajstić information content (AvgIpc) is 3.16. The first-order valence-electron chi connectivity index (χ1n) is 18.3. The van der Waals surface area contributed by atoms with Gasteiger partial charge in [0.2, 0.25) is 0 Å². The monoisotopic (exact) mass is 779 g/mol. The van der Waals surface area contributed by atoms with E-state index in [0.29, 0.717) is 0 Å². The highest BCUT2D eigenvalue weighted by atomic mass is 16.8. The van der Waals surface area contributed by atoms with E-state index in [1.807, 2.05) is 91.0 Å². The van der Waals surface area contributed by atoms with Gasteiger partial charge in [-0.1, -0.05) is 91.0 Å². The molecule has 0 aliphatic carbocycles. The van der Waals surface area contributed by atoms with Crippen LogP contribution >= 0.6 is 0 Å². The topological polar surface area (TPSA) is 187 Å². The molecule has 0 spiro atoms. The Morgan fingerprint density at radius 3 is 1.50 bits per heavy atom. The lowest BCUT2D eigenvalue weighted by atomic mass is 9.95. The van der Waals surface area contributed by atoms with Crippen LogP contribution in [0.25, 0.3) is 0 Å². The Kier molecular flexibility index (Phi) is 15.9. The normalized spacial score (nSPS) is 27.4. The number of benzene rings is 3. The summed E-state index contributed by atoms with van der Waals surface area (Å²) in [7, 11) is 0. The molecule has 15 heteroatoms. The summed E-state index contributed by atoms with van der Waals surface area (Å²) < 4.78 is 60.8. The molecule has 0 unspecified atom stereocenters. The predicted molar refractivity (Wildman–Crippen MR) is 196 cm³/mol. The fourth-order valence-electron chi connectivity index (χ4n) is 6.47. The van der Waals surface area contributed by atoms with Gasteiger partial charge in [-0.25, -0.2) is 0 Å². The van der Waals surface area contributed by atoms with Crippen molar-refractivity contribution in [1.82, 2.24) is 0 Å². The summed E-state index contributed by atoms with van der Waals surface area (Å²) in [5, 5.41) is 0. The van der Waals surface area contributed by atoms with Crippen molar-refractivity contribution in [3.8, 4) is 0 Å². The summed E-state index contributed by atoms with van der Waals surface area (Å²) >= 11 is 0. The minimum absolute atomic E-state index is 0.0465. The molecule has 2 heterocycles. The third-order valence-electron chi connectivity index (χ3n) is 8.87. The molecular formula is C41H49NO14. The van der Waals surface area contributed by atoms with Gasteiger partial charge >= 0.3 is 23.9 Å². The Morgan fingerprint density at radius 2 is 0.982 bits per heavy atom. The van der Waals surface area contributed by atoms with Gasteiger partial charge in [-0.2, -0.15) is 0 Å². The highest BCUT2D eigenvalue weighted by Gasteiger charge is 2.56. The van der Waals surface area contributed by atoms with Crippen molar-refractivity contribution in [1.29, 1.82) is 0 Å². The van der Waals surface area contributed by atoms with Gasteiger partial charge in [0, 0.05) is 27.7 Å². The van der Waals surface area contributed by atoms with Crippen LogP contribution in [-0.2, 0) is 86.4 Å². The third kappa shape index (κ3) is 12.4. The molecule has 2 saturated heterocycles. The molecule has 302 valence electrons. The molecule has 0 bridgehead atoms. The molecule has 2 N–H and O–H groups in total. The maximum atomic E-state index is 12.6. The molecule has 56 heavy (non-hydrogen) atoms. The molecule has 10 atom stereocenters. The Balaban J connectivity index is 1.54. The number of ether oxygens (including phenoxy) is 10. The molecule has 2 aliphatic rings. The highest BCUT2D eigenvalue weighted by Crippen LogP contribution is 2.35. The van der Waals surface area contributed by atoms with Gasteiger partial charge in [0.1, 0.15) is 43.4 Å². The van der Waals surface area contributed by atoms with Crippen LogP contribution in [0.5, 0.6) is 0 Å². The van der Waals surface area contributed by atoms with E-state index in [1.165, 1.54) is 6.92 Å². The zero-order valence-corrected chi connectivity index (χ0v) is 31.8. The van der Waals surface area contributed by atoms with Crippen LogP contribution in [0.1, 0.15) is 44.4 Å². The number of hydrogen-bond donors (Lipinski definition) is 1. The smallest absolute Gasteiger partial charge is 0.303 e. The fourth-order valence-corrected chi connectivity index (χ4v) is 6.47. The van der Waals surface area contributed by atoms with Gasteiger partial charge < -0.3 is 53.1 Å². The second-order valence-electron chi connectivity index (χ2n) is 13.3. The van der Waals surface area contributed by atoms with Gasteiger partial charge in [0.25, 0.3) is 0 Å². The lowest BCUT2D eigenvalue weighted by molar-refractivity contribution is -0.350. The largest absolute Gasteiger partial charge is 0.463 e. The summed E-state index contributed by atoms with van der Waals surface area (Å²) in [6.07, 6.45) is -12.1. The molecule has 2 fully saturated rings. The van der Waals surface area contributed by atoms with E-state index in [1.54, 1.807) is 0 Å². The van der Waals surface area contributed by atoms with E-state index >= 15 is 0 Å². The van der Waals surface area contributed by atoms with Crippen molar-refractivity contribution >= 4 is 23.9 Å². The minimum atomic E-state index is -1.55. The van der Waals surface area contributed by atoms with Crippen LogP contribution in [0.15, 0.2) is 91.0 Å². The zero-order chi connectivity index (χ0) is 40.0. The lowest BCUT2D eigenvalue weighted by Gasteiger charge is -2.49. The number of carbonyl (C=O) groups excluding carboxylic acids is 4. The Bertz CT molecular complexity index is 1700. The van der Waals surface area contributed by atoms with Gasteiger partial charge in [-0.05, 0) is 16.7 Å². The summed E-state index contributed by atoms with van der Waals surface area (Å²) in [6, 6.07) is 28.4. The summed E-state index contributed by atoms with van der Waals surface area (Å²) in [5.74, 6) is -2.98. The lowest BCUT2D eigenvalue weighted by Crippen LogP contribution is -2.67. The molecule has 5 rings (SSSR count). The molecule has 15 nitrogen and oxygen atoms in total. The third-order valence-corrected chi connectivity index (χ3v) is 8.87. The molecular weight excluding hydrogens is 730 g/mol. The van der Waals surface area contributed by atoms with Crippen molar-refractivity contribution in [2.45, 2.75) is 109 Å². The maximum absolute atomic E-state index is 12.6. The van der Waals surface area contributed by atoms with Crippen LogP contribution < -0.4 is 5.73 Å². The number of esters is 4. The summed E-state index contributed by atoms with van der Waals surface area (Å²) in [5.41, 5.74) is 9.32. The molecule has 0 radical (unpaired) electrons. The fraction of sp³-hybridized carbons (Fsp3) is 0.463. The van der Waals surface area contributed by atoms with Crippen LogP contribution in [0.3, 0.4) is 0 Å².